The van der Waals surface area contributed by atoms with Crippen LogP contribution in [0.2, 0.25) is 0 Å². The van der Waals surface area contributed by atoms with Gasteiger partial charge in [-0.05, 0) is 49.6 Å². The monoisotopic (exact) mass is 409 g/mol. The molecule has 2 rings (SSSR count). The van der Waals surface area contributed by atoms with E-state index in [2.05, 4.69) is 36.8 Å². The van der Waals surface area contributed by atoms with Crippen LogP contribution in [0.15, 0.2) is 33.5 Å². The SMILES string of the molecule is NCc1cc(Br)c(OCc2nccn2C(F)F)c(Br)c1. The summed E-state index contributed by atoms with van der Waals surface area (Å²) in [7, 11) is 0. The Kier molecular flexibility index (Phi) is 5.11. The quantitative estimate of drug-likeness (QED) is 0.814. The van der Waals surface area contributed by atoms with Crippen LogP contribution < -0.4 is 10.5 Å². The standard InChI is InChI=1S/C12H11Br2F2N3O/c13-8-3-7(5-17)4-9(14)11(8)20-6-10-18-1-2-19(10)12(15)16/h1-4,12H,5-6,17H2. The number of hydrogen-bond acceptors (Lipinski definition) is 3. The van der Waals surface area contributed by atoms with Crippen molar-refractivity contribution in [1.82, 2.24) is 9.55 Å². The Balaban J connectivity index is 2.17. The van der Waals surface area contributed by atoms with Gasteiger partial charge >= 0.3 is 6.55 Å². The highest BCUT2D eigenvalue weighted by molar-refractivity contribution is 9.11. The van der Waals surface area contributed by atoms with E-state index in [1.54, 1.807) is 0 Å². The van der Waals surface area contributed by atoms with E-state index in [9.17, 15) is 8.78 Å². The highest BCUT2D eigenvalue weighted by Crippen LogP contribution is 2.35. The molecule has 4 nitrogen and oxygen atoms in total. The third kappa shape index (κ3) is 3.36. The van der Waals surface area contributed by atoms with Crippen molar-refractivity contribution < 1.29 is 13.5 Å². The van der Waals surface area contributed by atoms with Crippen molar-refractivity contribution in [2.24, 2.45) is 5.73 Å². The minimum Gasteiger partial charge on any atom is -0.483 e. The molecule has 0 atom stereocenters. The highest BCUT2D eigenvalue weighted by Gasteiger charge is 2.14. The van der Waals surface area contributed by atoms with Gasteiger partial charge in [-0.2, -0.15) is 8.78 Å². The van der Waals surface area contributed by atoms with Gasteiger partial charge in [-0.3, -0.25) is 4.57 Å². The van der Waals surface area contributed by atoms with Gasteiger partial charge in [-0.1, -0.05) is 0 Å². The number of aromatic nitrogens is 2. The Hall–Kier alpha value is -0.990. The largest absolute Gasteiger partial charge is 0.483 e. The van der Waals surface area contributed by atoms with E-state index in [0.717, 1.165) is 10.1 Å². The number of alkyl halides is 2. The lowest BCUT2D eigenvalue weighted by Crippen LogP contribution is -2.08. The van der Waals surface area contributed by atoms with Crippen molar-refractivity contribution in [3.8, 4) is 5.75 Å². The summed E-state index contributed by atoms with van der Waals surface area (Å²) in [4.78, 5) is 3.85. The van der Waals surface area contributed by atoms with Gasteiger partial charge in [0, 0.05) is 18.9 Å². The zero-order chi connectivity index (χ0) is 14.7. The fraction of sp³-hybridized carbons (Fsp3) is 0.250. The van der Waals surface area contributed by atoms with Crippen molar-refractivity contribution in [2.75, 3.05) is 0 Å². The van der Waals surface area contributed by atoms with Gasteiger partial charge in [0.1, 0.15) is 12.4 Å². The van der Waals surface area contributed by atoms with Crippen LogP contribution in [-0.4, -0.2) is 9.55 Å². The van der Waals surface area contributed by atoms with E-state index in [1.165, 1.54) is 12.4 Å². The molecule has 1 heterocycles. The van der Waals surface area contributed by atoms with Crippen molar-refractivity contribution in [1.29, 1.82) is 0 Å². The molecule has 0 amide bonds. The van der Waals surface area contributed by atoms with Crippen molar-refractivity contribution in [2.45, 2.75) is 19.7 Å². The normalized spacial score (nSPS) is 11.1. The van der Waals surface area contributed by atoms with Crippen LogP contribution in [0.1, 0.15) is 17.9 Å². The van der Waals surface area contributed by atoms with Crippen LogP contribution in [0.4, 0.5) is 8.78 Å². The van der Waals surface area contributed by atoms with Crippen LogP contribution in [0.25, 0.3) is 0 Å². The molecule has 1 aromatic heterocycles. The van der Waals surface area contributed by atoms with Crippen LogP contribution >= 0.6 is 31.9 Å². The van der Waals surface area contributed by atoms with Gasteiger partial charge in [0.25, 0.3) is 0 Å². The number of ether oxygens (including phenoxy) is 1. The summed E-state index contributed by atoms with van der Waals surface area (Å²) in [5.41, 5.74) is 6.48. The number of benzene rings is 1. The van der Waals surface area contributed by atoms with E-state index in [1.807, 2.05) is 12.1 Å². The van der Waals surface area contributed by atoms with Crippen molar-refractivity contribution in [3.63, 3.8) is 0 Å². The molecule has 2 aromatic rings. The molecular formula is C12H11Br2F2N3O. The average molecular weight is 411 g/mol. The molecule has 108 valence electrons. The maximum absolute atomic E-state index is 12.7. The van der Waals surface area contributed by atoms with Gasteiger partial charge < -0.3 is 10.5 Å². The van der Waals surface area contributed by atoms with Gasteiger partial charge in [0.15, 0.2) is 5.82 Å². The maximum Gasteiger partial charge on any atom is 0.320 e. The van der Waals surface area contributed by atoms with E-state index in [-0.39, 0.29) is 12.4 Å². The Morgan fingerprint density at radius 1 is 1.30 bits per heavy atom. The topological polar surface area (TPSA) is 53.1 Å². The van der Waals surface area contributed by atoms with Gasteiger partial charge in [0.05, 0.1) is 8.95 Å². The Morgan fingerprint density at radius 3 is 2.50 bits per heavy atom. The summed E-state index contributed by atoms with van der Waals surface area (Å²) < 4.78 is 33.1. The molecule has 1 aromatic carbocycles. The molecule has 0 unspecified atom stereocenters. The lowest BCUT2D eigenvalue weighted by Gasteiger charge is -2.12. The second kappa shape index (κ2) is 6.64. The summed E-state index contributed by atoms with van der Waals surface area (Å²) in [6.07, 6.45) is 2.53. The molecule has 0 radical (unpaired) electrons. The Morgan fingerprint density at radius 2 is 1.95 bits per heavy atom. The van der Waals surface area contributed by atoms with E-state index >= 15 is 0 Å². The number of rotatable bonds is 5. The van der Waals surface area contributed by atoms with Gasteiger partial charge in [-0.15, -0.1) is 0 Å². The van der Waals surface area contributed by atoms with Crippen LogP contribution in [0.3, 0.4) is 0 Å². The zero-order valence-electron chi connectivity index (χ0n) is 10.2. The number of imidazole rings is 1. The molecule has 20 heavy (non-hydrogen) atoms. The first-order valence-corrected chi connectivity index (χ1v) is 7.22. The molecule has 0 saturated carbocycles. The first-order chi connectivity index (χ1) is 9.52. The molecule has 0 aliphatic rings. The third-order valence-electron chi connectivity index (χ3n) is 2.60. The molecule has 2 N–H and O–H groups in total. The molecule has 0 aliphatic carbocycles. The molecule has 0 spiro atoms. The summed E-state index contributed by atoms with van der Waals surface area (Å²) in [6.45, 7) is -2.30. The van der Waals surface area contributed by atoms with Crippen LogP contribution in [-0.2, 0) is 13.2 Å². The number of nitrogens with zero attached hydrogens (tertiary/aromatic N) is 2. The predicted octanol–water partition coefficient (Wildman–Crippen LogP) is 3.84. The summed E-state index contributed by atoms with van der Waals surface area (Å²) in [6, 6.07) is 3.64. The molecule has 8 heteroatoms. The first-order valence-electron chi connectivity index (χ1n) is 5.63. The Labute approximate surface area is 131 Å². The fourth-order valence-corrected chi connectivity index (χ4v) is 3.15. The molecular weight excluding hydrogens is 400 g/mol. The molecule has 0 bridgehead atoms. The van der Waals surface area contributed by atoms with Gasteiger partial charge in [0.2, 0.25) is 0 Å². The third-order valence-corrected chi connectivity index (χ3v) is 3.78. The van der Waals surface area contributed by atoms with E-state index < -0.39 is 6.55 Å². The lowest BCUT2D eigenvalue weighted by atomic mass is 10.2. The smallest absolute Gasteiger partial charge is 0.320 e. The molecule has 0 saturated heterocycles. The second-order valence-electron chi connectivity index (χ2n) is 3.91. The summed E-state index contributed by atoms with van der Waals surface area (Å²) >= 11 is 6.73. The number of halogens is 4. The Bertz CT molecular complexity index is 581. The minimum absolute atomic E-state index is 0.0590. The van der Waals surface area contributed by atoms with E-state index in [0.29, 0.717) is 21.2 Å². The average Bonchev–Trinajstić information content (AvgIpc) is 2.86. The number of nitrogens with two attached hydrogens (primary N) is 1. The van der Waals surface area contributed by atoms with Crippen molar-refractivity contribution in [3.05, 3.63) is 44.9 Å². The van der Waals surface area contributed by atoms with Crippen LogP contribution in [0, 0.1) is 0 Å². The van der Waals surface area contributed by atoms with Crippen molar-refractivity contribution >= 4 is 31.9 Å². The minimum atomic E-state index is -2.64. The summed E-state index contributed by atoms with van der Waals surface area (Å²) in [5, 5.41) is 0. The molecule has 0 fully saturated rings. The highest BCUT2D eigenvalue weighted by atomic mass is 79.9. The predicted molar refractivity (Wildman–Crippen MR) is 77.5 cm³/mol. The number of hydrogen-bond donors (Lipinski definition) is 1. The zero-order valence-corrected chi connectivity index (χ0v) is 13.4. The molecule has 0 aliphatic heterocycles. The summed E-state index contributed by atoms with van der Waals surface area (Å²) in [5.74, 6) is 0.674. The fourth-order valence-electron chi connectivity index (χ4n) is 1.64. The second-order valence-corrected chi connectivity index (χ2v) is 5.62. The van der Waals surface area contributed by atoms with E-state index in [4.69, 9.17) is 10.5 Å². The van der Waals surface area contributed by atoms with Gasteiger partial charge in [-0.25, -0.2) is 4.98 Å². The van der Waals surface area contributed by atoms with Crippen LogP contribution in [0.5, 0.6) is 5.75 Å². The first kappa shape index (κ1) is 15.4. The maximum atomic E-state index is 12.7. The lowest BCUT2D eigenvalue weighted by molar-refractivity contribution is 0.0632.